The molecule has 1 aliphatic rings. The van der Waals surface area contributed by atoms with E-state index in [4.69, 9.17) is 0 Å². The van der Waals surface area contributed by atoms with E-state index in [2.05, 4.69) is 10.4 Å². The van der Waals surface area contributed by atoms with Gasteiger partial charge in [0.05, 0.1) is 11.4 Å². The third-order valence-corrected chi connectivity index (χ3v) is 5.03. The van der Waals surface area contributed by atoms with Gasteiger partial charge in [0.25, 0.3) is 0 Å². The first-order valence-corrected chi connectivity index (χ1v) is 9.83. The van der Waals surface area contributed by atoms with E-state index in [9.17, 15) is 9.59 Å². The lowest BCUT2D eigenvalue weighted by molar-refractivity contribution is -0.135. The van der Waals surface area contributed by atoms with Crippen molar-refractivity contribution in [2.45, 2.75) is 39.0 Å². The van der Waals surface area contributed by atoms with E-state index in [1.165, 1.54) is 0 Å². The quantitative estimate of drug-likeness (QED) is 0.817. The molecule has 2 heterocycles. The van der Waals surface area contributed by atoms with Crippen LogP contribution in [0, 0.1) is 5.92 Å². The molecule has 0 unspecified atom stereocenters. The van der Waals surface area contributed by atoms with Crippen molar-refractivity contribution in [3.63, 3.8) is 0 Å². The Morgan fingerprint density at radius 1 is 1.15 bits per heavy atom. The maximum atomic E-state index is 12.4. The first kappa shape index (κ1) is 19.1. The lowest BCUT2D eigenvalue weighted by Crippen LogP contribution is -2.43. The zero-order valence-electron chi connectivity index (χ0n) is 15.9. The average molecular weight is 368 g/mol. The molecule has 27 heavy (non-hydrogen) atoms. The van der Waals surface area contributed by atoms with Gasteiger partial charge in [0.2, 0.25) is 11.8 Å². The summed E-state index contributed by atoms with van der Waals surface area (Å²) < 4.78 is 1.85. The normalized spacial score (nSPS) is 14.9. The Labute approximate surface area is 160 Å². The summed E-state index contributed by atoms with van der Waals surface area (Å²) in [6.07, 6.45) is 5.63. The van der Waals surface area contributed by atoms with Crippen LogP contribution in [0.4, 0.5) is 0 Å². The van der Waals surface area contributed by atoms with Crippen LogP contribution in [-0.4, -0.2) is 46.1 Å². The number of rotatable bonds is 7. The molecule has 2 amide bonds. The summed E-state index contributed by atoms with van der Waals surface area (Å²) in [4.78, 5) is 26.2. The number of nitrogens with one attached hydrogen (secondary N) is 1. The number of carbonyl (C=O) groups excluding carboxylic acids is 2. The Balaban J connectivity index is 1.40. The summed E-state index contributed by atoms with van der Waals surface area (Å²) in [5, 5.41) is 7.59. The molecule has 0 aliphatic carbocycles. The Morgan fingerprint density at radius 3 is 2.59 bits per heavy atom. The first-order chi connectivity index (χ1) is 13.2. The second-order valence-corrected chi connectivity index (χ2v) is 7.03. The Kier molecular flexibility index (Phi) is 6.63. The molecule has 6 nitrogen and oxygen atoms in total. The van der Waals surface area contributed by atoms with Crippen molar-refractivity contribution in [3.8, 4) is 5.69 Å². The van der Waals surface area contributed by atoms with Gasteiger partial charge in [-0.15, -0.1) is 0 Å². The van der Waals surface area contributed by atoms with Gasteiger partial charge >= 0.3 is 0 Å². The molecule has 1 fully saturated rings. The maximum Gasteiger partial charge on any atom is 0.223 e. The fraction of sp³-hybridized carbons (Fsp3) is 0.476. The van der Waals surface area contributed by atoms with Crippen LogP contribution in [0.3, 0.4) is 0 Å². The molecule has 0 spiro atoms. The molecule has 1 aromatic carbocycles. The minimum Gasteiger partial charge on any atom is -0.355 e. The smallest absolute Gasteiger partial charge is 0.223 e. The summed E-state index contributed by atoms with van der Waals surface area (Å²) in [5.41, 5.74) is 1.98. The molecule has 0 saturated carbocycles. The minimum absolute atomic E-state index is 0.0116. The molecule has 0 bridgehead atoms. The predicted octanol–water partition coefficient (Wildman–Crippen LogP) is 2.57. The highest BCUT2D eigenvalue weighted by Gasteiger charge is 2.26. The third kappa shape index (κ3) is 5.18. The van der Waals surface area contributed by atoms with Gasteiger partial charge in [-0.25, -0.2) is 4.68 Å². The van der Waals surface area contributed by atoms with Crippen LogP contribution in [0.15, 0.2) is 42.6 Å². The molecule has 1 saturated heterocycles. The Morgan fingerprint density at radius 2 is 1.89 bits per heavy atom. The van der Waals surface area contributed by atoms with Crippen LogP contribution in [0.25, 0.3) is 5.69 Å². The van der Waals surface area contributed by atoms with E-state index in [1.807, 2.05) is 59.1 Å². The average Bonchev–Trinajstić information content (AvgIpc) is 3.18. The summed E-state index contributed by atoms with van der Waals surface area (Å²) in [6.45, 7) is 3.98. The standard InChI is InChI=1S/C21H28N4O2/c1-2-6-20(26)24-14-10-17(11-15-24)21(27)22-13-9-18-12-16-25(23-18)19-7-4-3-5-8-19/h3-5,7-8,12,16-17H,2,6,9-11,13-15H2,1H3,(H,22,27). The third-order valence-electron chi connectivity index (χ3n) is 5.03. The van der Waals surface area contributed by atoms with Gasteiger partial charge in [0.1, 0.15) is 0 Å². The van der Waals surface area contributed by atoms with E-state index < -0.39 is 0 Å². The van der Waals surface area contributed by atoms with Gasteiger partial charge < -0.3 is 10.2 Å². The van der Waals surface area contributed by atoms with Crippen LogP contribution in [0.1, 0.15) is 38.3 Å². The van der Waals surface area contributed by atoms with Crippen LogP contribution in [0.2, 0.25) is 0 Å². The molecule has 0 atom stereocenters. The van der Waals surface area contributed by atoms with E-state index >= 15 is 0 Å². The lowest BCUT2D eigenvalue weighted by atomic mass is 9.95. The fourth-order valence-corrected chi connectivity index (χ4v) is 3.44. The number of amides is 2. The number of likely N-dealkylation sites (tertiary alicyclic amines) is 1. The van der Waals surface area contributed by atoms with Gasteiger partial charge in [-0.2, -0.15) is 5.10 Å². The van der Waals surface area contributed by atoms with Gasteiger partial charge in [-0.3, -0.25) is 9.59 Å². The zero-order chi connectivity index (χ0) is 19.1. The van der Waals surface area contributed by atoms with Crippen molar-refractivity contribution in [2.24, 2.45) is 5.92 Å². The van der Waals surface area contributed by atoms with Crippen LogP contribution < -0.4 is 5.32 Å². The topological polar surface area (TPSA) is 67.2 Å². The van der Waals surface area contributed by atoms with Crippen molar-refractivity contribution >= 4 is 11.8 Å². The molecular weight excluding hydrogens is 340 g/mol. The molecule has 3 rings (SSSR count). The predicted molar refractivity (Wildman–Crippen MR) is 104 cm³/mol. The second-order valence-electron chi connectivity index (χ2n) is 7.03. The number of aromatic nitrogens is 2. The van der Waals surface area contributed by atoms with Crippen molar-refractivity contribution in [2.75, 3.05) is 19.6 Å². The number of carbonyl (C=O) groups is 2. The van der Waals surface area contributed by atoms with Gasteiger partial charge in [0, 0.05) is 44.6 Å². The van der Waals surface area contributed by atoms with E-state index in [0.717, 1.165) is 30.6 Å². The van der Waals surface area contributed by atoms with Gasteiger partial charge in [-0.05, 0) is 37.5 Å². The Hall–Kier alpha value is -2.63. The van der Waals surface area contributed by atoms with Crippen molar-refractivity contribution in [1.82, 2.24) is 20.0 Å². The SMILES string of the molecule is CCCC(=O)N1CCC(C(=O)NCCc2ccn(-c3ccccc3)n2)CC1. The van der Waals surface area contributed by atoms with Crippen LogP contribution in [0.5, 0.6) is 0 Å². The molecule has 2 aromatic rings. The first-order valence-electron chi connectivity index (χ1n) is 9.83. The summed E-state index contributed by atoms with van der Waals surface area (Å²) >= 11 is 0. The number of benzene rings is 1. The largest absolute Gasteiger partial charge is 0.355 e. The van der Waals surface area contributed by atoms with Crippen LogP contribution >= 0.6 is 0 Å². The highest BCUT2D eigenvalue weighted by molar-refractivity contribution is 5.80. The van der Waals surface area contributed by atoms with Crippen molar-refractivity contribution < 1.29 is 9.59 Å². The highest BCUT2D eigenvalue weighted by atomic mass is 16.2. The second kappa shape index (κ2) is 9.35. The van der Waals surface area contributed by atoms with Gasteiger partial charge in [-0.1, -0.05) is 25.1 Å². The van der Waals surface area contributed by atoms with Crippen LogP contribution in [-0.2, 0) is 16.0 Å². The van der Waals surface area contributed by atoms with E-state index in [0.29, 0.717) is 32.5 Å². The minimum atomic E-state index is 0.0116. The number of hydrogen-bond donors (Lipinski definition) is 1. The number of piperidine rings is 1. The number of nitrogens with zero attached hydrogens (tertiary/aromatic N) is 3. The maximum absolute atomic E-state index is 12.4. The van der Waals surface area contributed by atoms with E-state index in [1.54, 1.807) is 0 Å². The molecule has 1 aromatic heterocycles. The fourth-order valence-electron chi connectivity index (χ4n) is 3.44. The number of para-hydroxylation sites is 1. The summed E-state index contributed by atoms with van der Waals surface area (Å²) in [6, 6.07) is 12.0. The summed E-state index contributed by atoms with van der Waals surface area (Å²) in [5.74, 6) is 0.322. The number of hydrogen-bond acceptors (Lipinski definition) is 3. The molecule has 144 valence electrons. The molecule has 1 aliphatic heterocycles. The van der Waals surface area contributed by atoms with E-state index in [-0.39, 0.29) is 17.7 Å². The Bertz CT molecular complexity index is 749. The monoisotopic (exact) mass is 368 g/mol. The van der Waals surface area contributed by atoms with Crippen molar-refractivity contribution in [3.05, 3.63) is 48.3 Å². The zero-order valence-corrected chi connectivity index (χ0v) is 15.9. The molecule has 0 radical (unpaired) electrons. The molecule has 6 heteroatoms. The lowest BCUT2D eigenvalue weighted by Gasteiger charge is -2.31. The van der Waals surface area contributed by atoms with Gasteiger partial charge in [0.15, 0.2) is 0 Å². The molecular formula is C21H28N4O2. The molecule has 1 N–H and O–H groups in total. The summed E-state index contributed by atoms with van der Waals surface area (Å²) in [7, 11) is 0. The highest BCUT2D eigenvalue weighted by Crippen LogP contribution is 2.18. The van der Waals surface area contributed by atoms with Crippen molar-refractivity contribution in [1.29, 1.82) is 0 Å².